The summed E-state index contributed by atoms with van der Waals surface area (Å²) in [4.78, 5) is 40.6. The van der Waals surface area contributed by atoms with Gasteiger partial charge in [0.15, 0.2) is 0 Å². The molecule has 0 unspecified atom stereocenters. The van der Waals surface area contributed by atoms with Crippen LogP contribution < -0.4 is 0 Å². The molecule has 0 spiro atoms. The SMILES string of the molecule is O=C(O)c1cccc(C(=O)O)c1.O=C1C=CC(=O)O1.OCCCOCCCO. The van der Waals surface area contributed by atoms with Crippen LogP contribution in [-0.2, 0) is 19.1 Å². The number of aliphatic hydroxyl groups excluding tert-OH is 2. The third-order valence-electron chi connectivity index (χ3n) is 2.81. The summed E-state index contributed by atoms with van der Waals surface area (Å²) in [5, 5.41) is 33.6. The fourth-order valence-corrected chi connectivity index (χ4v) is 1.52. The molecular formula is C18H22O10. The molecule has 28 heavy (non-hydrogen) atoms. The molecular weight excluding hydrogens is 376 g/mol. The van der Waals surface area contributed by atoms with E-state index in [9.17, 15) is 19.2 Å². The van der Waals surface area contributed by atoms with Crippen LogP contribution in [0.15, 0.2) is 36.4 Å². The number of benzene rings is 1. The molecule has 2 rings (SSSR count). The molecule has 1 aromatic carbocycles. The Morgan fingerprint density at radius 1 is 0.857 bits per heavy atom. The van der Waals surface area contributed by atoms with Crippen molar-refractivity contribution < 1.29 is 49.1 Å². The van der Waals surface area contributed by atoms with Gasteiger partial charge >= 0.3 is 23.9 Å². The van der Waals surface area contributed by atoms with Gasteiger partial charge in [0.05, 0.1) is 11.1 Å². The van der Waals surface area contributed by atoms with Crippen molar-refractivity contribution in [2.75, 3.05) is 26.4 Å². The number of aromatic carboxylic acids is 2. The molecule has 0 amide bonds. The van der Waals surface area contributed by atoms with Crippen molar-refractivity contribution in [1.29, 1.82) is 0 Å². The summed E-state index contributed by atoms with van der Waals surface area (Å²) in [6.45, 7) is 1.55. The van der Waals surface area contributed by atoms with E-state index in [1.807, 2.05) is 0 Å². The smallest absolute Gasteiger partial charge is 0.338 e. The molecule has 0 fully saturated rings. The van der Waals surface area contributed by atoms with Gasteiger partial charge in [0.1, 0.15) is 0 Å². The molecule has 0 saturated heterocycles. The number of carbonyl (C=O) groups is 4. The minimum Gasteiger partial charge on any atom is -0.478 e. The standard InChI is InChI=1S/C8H6O4.C6H14O3.C4H2O3/c9-7(10)5-2-1-3-6(4-5)8(11)12;7-3-1-5-9-6-2-4-8;5-3-1-2-4(6)7-3/h1-4H,(H,9,10)(H,11,12);7-8H,1-6H2;1-2H. The first-order valence-corrected chi connectivity index (χ1v) is 8.11. The summed E-state index contributed by atoms with van der Waals surface area (Å²) in [5.41, 5.74) is -0.0372. The maximum atomic E-state index is 10.4. The van der Waals surface area contributed by atoms with Crippen LogP contribution in [-0.4, -0.2) is 70.7 Å². The largest absolute Gasteiger partial charge is 0.478 e. The van der Waals surface area contributed by atoms with E-state index < -0.39 is 23.9 Å². The van der Waals surface area contributed by atoms with Crippen LogP contribution in [0.1, 0.15) is 33.6 Å². The van der Waals surface area contributed by atoms with E-state index in [1.165, 1.54) is 18.2 Å². The van der Waals surface area contributed by atoms with Crippen LogP contribution in [0.4, 0.5) is 0 Å². The zero-order valence-electron chi connectivity index (χ0n) is 14.9. The Morgan fingerprint density at radius 2 is 1.29 bits per heavy atom. The van der Waals surface area contributed by atoms with Gasteiger partial charge in [-0.25, -0.2) is 19.2 Å². The Bertz CT molecular complexity index is 629. The summed E-state index contributed by atoms with van der Waals surface area (Å²) >= 11 is 0. The number of hydrogen-bond acceptors (Lipinski definition) is 8. The van der Waals surface area contributed by atoms with E-state index in [0.717, 1.165) is 18.2 Å². The number of aliphatic hydroxyl groups is 2. The fraction of sp³-hybridized carbons (Fsp3) is 0.333. The number of carboxylic acids is 2. The normalized spacial score (nSPS) is 11.6. The molecule has 154 valence electrons. The summed E-state index contributed by atoms with van der Waals surface area (Å²) in [6, 6.07) is 5.20. The Morgan fingerprint density at radius 3 is 1.57 bits per heavy atom. The third kappa shape index (κ3) is 12.3. The maximum absolute atomic E-state index is 10.4. The number of carbonyl (C=O) groups excluding carboxylic acids is 2. The minimum absolute atomic E-state index is 0.0186. The highest BCUT2D eigenvalue weighted by molar-refractivity contribution is 6.04. The van der Waals surface area contributed by atoms with Crippen LogP contribution in [0, 0.1) is 0 Å². The highest BCUT2D eigenvalue weighted by atomic mass is 16.6. The van der Waals surface area contributed by atoms with Crippen molar-refractivity contribution in [3.63, 3.8) is 0 Å². The van der Waals surface area contributed by atoms with Crippen molar-refractivity contribution in [3.05, 3.63) is 47.5 Å². The van der Waals surface area contributed by atoms with Crippen molar-refractivity contribution in [3.8, 4) is 0 Å². The quantitative estimate of drug-likeness (QED) is 0.274. The lowest BCUT2D eigenvalue weighted by Gasteiger charge is -1.99. The zero-order valence-corrected chi connectivity index (χ0v) is 14.9. The number of carboxylic acid groups (broad SMARTS) is 2. The molecule has 1 heterocycles. The lowest BCUT2D eigenvalue weighted by Crippen LogP contribution is -2.01. The number of hydrogen-bond donors (Lipinski definition) is 4. The lowest BCUT2D eigenvalue weighted by molar-refractivity contribution is -0.150. The Kier molecular flexibility index (Phi) is 13.4. The molecule has 0 saturated carbocycles. The van der Waals surface area contributed by atoms with Crippen LogP contribution in [0.25, 0.3) is 0 Å². The molecule has 10 heteroatoms. The second-order valence-electron chi connectivity index (χ2n) is 5.03. The van der Waals surface area contributed by atoms with Crippen LogP contribution >= 0.6 is 0 Å². The Labute approximate surface area is 160 Å². The van der Waals surface area contributed by atoms with Gasteiger partial charge in [0.2, 0.25) is 0 Å². The first kappa shape index (κ1) is 24.9. The van der Waals surface area contributed by atoms with Gasteiger partial charge in [0.25, 0.3) is 0 Å². The summed E-state index contributed by atoms with van der Waals surface area (Å²) in [7, 11) is 0. The first-order valence-electron chi connectivity index (χ1n) is 8.11. The molecule has 0 radical (unpaired) electrons. The summed E-state index contributed by atoms with van der Waals surface area (Å²) in [5.74, 6) is -3.41. The van der Waals surface area contributed by atoms with E-state index >= 15 is 0 Å². The molecule has 0 bridgehead atoms. The fourth-order valence-electron chi connectivity index (χ4n) is 1.52. The molecule has 4 N–H and O–H groups in total. The topological polar surface area (TPSA) is 168 Å². The van der Waals surface area contributed by atoms with Crippen LogP contribution in [0.5, 0.6) is 0 Å². The van der Waals surface area contributed by atoms with Gasteiger partial charge in [-0.1, -0.05) is 6.07 Å². The van der Waals surface area contributed by atoms with E-state index in [0.29, 0.717) is 26.1 Å². The third-order valence-corrected chi connectivity index (χ3v) is 2.81. The van der Waals surface area contributed by atoms with Gasteiger partial charge in [0, 0.05) is 38.6 Å². The van der Waals surface area contributed by atoms with E-state index in [1.54, 1.807) is 0 Å². The Balaban J connectivity index is 0.000000406. The molecule has 1 aliphatic heterocycles. The van der Waals surface area contributed by atoms with Crippen molar-refractivity contribution >= 4 is 23.9 Å². The predicted octanol–water partition coefficient (Wildman–Crippen LogP) is 0.477. The van der Waals surface area contributed by atoms with Crippen molar-refractivity contribution in [1.82, 2.24) is 0 Å². The highest BCUT2D eigenvalue weighted by Crippen LogP contribution is 2.04. The average Bonchev–Trinajstić information content (AvgIpc) is 3.05. The molecule has 1 aliphatic rings. The van der Waals surface area contributed by atoms with Crippen molar-refractivity contribution in [2.45, 2.75) is 12.8 Å². The molecule has 10 nitrogen and oxygen atoms in total. The predicted molar refractivity (Wildman–Crippen MR) is 94.8 cm³/mol. The van der Waals surface area contributed by atoms with E-state index in [2.05, 4.69) is 4.74 Å². The van der Waals surface area contributed by atoms with E-state index in [-0.39, 0.29) is 24.3 Å². The number of esters is 2. The number of rotatable bonds is 8. The van der Waals surface area contributed by atoms with Gasteiger partial charge in [-0.15, -0.1) is 0 Å². The highest BCUT2D eigenvalue weighted by Gasteiger charge is 2.10. The van der Waals surface area contributed by atoms with Gasteiger partial charge in [-0.05, 0) is 31.0 Å². The second-order valence-corrected chi connectivity index (χ2v) is 5.03. The average molecular weight is 398 g/mol. The molecule has 1 aromatic rings. The zero-order chi connectivity index (χ0) is 21.4. The first-order chi connectivity index (χ1) is 13.3. The van der Waals surface area contributed by atoms with Crippen molar-refractivity contribution in [2.24, 2.45) is 0 Å². The van der Waals surface area contributed by atoms with Crippen LogP contribution in [0.3, 0.4) is 0 Å². The lowest BCUT2D eigenvalue weighted by atomic mass is 10.1. The number of cyclic esters (lactones) is 2. The van der Waals surface area contributed by atoms with Gasteiger partial charge in [-0.2, -0.15) is 0 Å². The maximum Gasteiger partial charge on any atom is 0.338 e. The number of ether oxygens (including phenoxy) is 2. The molecule has 0 aliphatic carbocycles. The summed E-state index contributed by atoms with van der Waals surface area (Å²) < 4.78 is 8.97. The van der Waals surface area contributed by atoms with Gasteiger partial charge < -0.3 is 29.9 Å². The Hall–Kier alpha value is -3.08. The molecule has 0 aromatic heterocycles. The second kappa shape index (κ2) is 15.0. The van der Waals surface area contributed by atoms with Crippen LogP contribution in [0.2, 0.25) is 0 Å². The van der Waals surface area contributed by atoms with Gasteiger partial charge in [-0.3, -0.25) is 0 Å². The van der Waals surface area contributed by atoms with E-state index in [4.69, 9.17) is 25.2 Å². The minimum atomic E-state index is -1.13. The summed E-state index contributed by atoms with van der Waals surface area (Å²) in [6.07, 6.45) is 3.54. The monoisotopic (exact) mass is 398 g/mol. The molecule has 0 atom stereocenters.